The van der Waals surface area contributed by atoms with Crippen LogP contribution in [0.1, 0.15) is 90.1 Å². The molecule has 0 aliphatic rings. The summed E-state index contributed by atoms with van der Waals surface area (Å²) in [7, 11) is 0. The molecule has 6 heteroatoms. The van der Waals surface area contributed by atoms with Crippen LogP contribution in [0.3, 0.4) is 0 Å². The monoisotopic (exact) mass is 944 g/mol. The van der Waals surface area contributed by atoms with Crippen LogP contribution in [0.15, 0.2) is 176 Å². The van der Waals surface area contributed by atoms with Gasteiger partial charge in [-0.3, -0.25) is 9.13 Å². The number of hydrogen-bond acceptors (Lipinski definition) is 3. The molecule has 0 atom stereocenters. The molecule has 0 saturated carbocycles. The van der Waals surface area contributed by atoms with E-state index in [1.807, 2.05) is 12.1 Å². The summed E-state index contributed by atoms with van der Waals surface area (Å²) in [6.07, 6.45) is 0. The summed E-state index contributed by atoms with van der Waals surface area (Å²) in [4.78, 5) is 6.25. The topological polar surface area (TPSA) is 75.3 Å². The predicted molar refractivity (Wildman–Crippen MR) is 304 cm³/mol. The van der Waals surface area contributed by atoms with E-state index in [0.717, 1.165) is 105 Å². The average molecular weight is 945 g/mol. The quantitative estimate of drug-likeness (QED) is 0.172. The van der Waals surface area contributed by atoms with E-state index >= 15 is 0 Å². The Morgan fingerprint density at radius 1 is 0.342 bits per heavy atom. The third-order valence-electron chi connectivity index (χ3n) is 15.0. The molecule has 0 unspecified atom stereocenters. The Balaban J connectivity index is 1.39. The molecule has 4 heterocycles. The smallest absolute Gasteiger partial charge is 0.165 e. The largest absolute Gasteiger partial charge is 0.305 e. The molecule has 0 spiro atoms. The zero-order valence-corrected chi connectivity index (χ0v) is 42.9. The van der Waals surface area contributed by atoms with Crippen molar-refractivity contribution in [2.24, 2.45) is 0 Å². The van der Waals surface area contributed by atoms with Gasteiger partial charge in [0.2, 0.25) is 0 Å². The lowest BCUT2D eigenvalue weighted by atomic mass is 9.86. The number of aromatic nitrogens is 4. The highest BCUT2D eigenvalue weighted by molar-refractivity contribution is 6.15. The van der Waals surface area contributed by atoms with E-state index in [1.54, 1.807) is 6.07 Å². The number of para-hydroxylation sites is 3. The predicted octanol–water partition coefficient (Wildman–Crippen LogP) is 17.3. The van der Waals surface area contributed by atoms with Crippen LogP contribution in [-0.4, -0.2) is 18.7 Å². The summed E-state index contributed by atoms with van der Waals surface area (Å²) < 4.78 is 7.15. The molecule has 0 aliphatic carbocycles. The fourth-order valence-corrected chi connectivity index (χ4v) is 11.1. The Morgan fingerprint density at radius 2 is 0.740 bits per heavy atom. The zero-order valence-electron chi connectivity index (χ0n) is 42.9. The first-order valence-corrected chi connectivity index (χ1v) is 25.3. The number of nitrogens with zero attached hydrogens (tertiary/aromatic N) is 6. The first-order chi connectivity index (χ1) is 35.0. The number of hydrogen-bond donors (Lipinski definition) is 0. The standard InChI is InChI=1S/C67H56N6/c1-65(2,3)45-29-32-57-51(36-45)48-21-13-16-24-54(48)71(57)62-60(42-27-28-43(39-68)44(35-42)40-69)61(41-19-11-10-12-20-41)63(72-55-25-17-14-22-49(55)52-37-46(66(4,5)6)30-33-58(52)72)70-64(62)73-56-26-18-15-23-50(56)53-38-47(67(7,8)9)31-34-59(53)73/h10-38H,1-9H3. The molecule has 0 saturated heterocycles. The van der Waals surface area contributed by atoms with Crippen molar-refractivity contribution in [1.29, 1.82) is 10.5 Å². The zero-order chi connectivity index (χ0) is 50.7. The highest BCUT2D eigenvalue weighted by Gasteiger charge is 2.32. The fourth-order valence-electron chi connectivity index (χ4n) is 11.1. The number of pyridine rings is 1. The van der Waals surface area contributed by atoms with Gasteiger partial charge in [0, 0.05) is 43.4 Å². The Hall–Kier alpha value is -8.71. The van der Waals surface area contributed by atoms with Crippen molar-refractivity contribution < 1.29 is 0 Å². The minimum absolute atomic E-state index is 0.0831. The van der Waals surface area contributed by atoms with Crippen LogP contribution in [0, 0.1) is 22.7 Å². The molecule has 6 nitrogen and oxygen atoms in total. The third kappa shape index (κ3) is 7.15. The number of rotatable bonds is 5. The molecule has 0 N–H and O–H groups in total. The van der Waals surface area contributed by atoms with Crippen molar-refractivity contribution in [1.82, 2.24) is 18.7 Å². The van der Waals surface area contributed by atoms with E-state index in [4.69, 9.17) is 4.98 Å². The van der Waals surface area contributed by atoms with Gasteiger partial charge in [0.25, 0.3) is 0 Å². The molecule has 354 valence electrons. The Kier molecular flexibility index (Phi) is 10.2. The Bertz CT molecular complexity index is 4330. The fraction of sp³-hybridized carbons (Fsp3) is 0.179. The summed E-state index contributed by atoms with van der Waals surface area (Å²) in [5, 5.41) is 28.1. The van der Waals surface area contributed by atoms with E-state index in [0.29, 0.717) is 11.1 Å². The molecule has 12 rings (SSSR count). The molecule has 0 fully saturated rings. The first kappa shape index (κ1) is 45.4. The summed E-state index contributed by atoms with van der Waals surface area (Å²) >= 11 is 0. The van der Waals surface area contributed by atoms with Crippen LogP contribution in [0.5, 0.6) is 0 Å². The number of benzene rings is 8. The maximum atomic E-state index is 10.9. The van der Waals surface area contributed by atoms with Crippen molar-refractivity contribution in [3.8, 4) is 51.7 Å². The van der Waals surface area contributed by atoms with E-state index in [-0.39, 0.29) is 16.2 Å². The summed E-state index contributed by atoms with van der Waals surface area (Å²) in [5.74, 6) is 1.47. The lowest BCUT2D eigenvalue weighted by Crippen LogP contribution is -2.14. The van der Waals surface area contributed by atoms with Gasteiger partial charge in [-0.2, -0.15) is 10.5 Å². The molecule has 12 aromatic rings. The van der Waals surface area contributed by atoms with Crippen LogP contribution in [0.25, 0.3) is 105 Å². The van der Waals surface area contributed by atoms with Gasteiger partial charge in [-0.1, -0.05) is 172 Å². The maximum Gasteiger partial charge on any atom is 0.165 e. The minimum atomic E-state index is -0.0988. The summed E-state index contributed by atoms with van der Waals surface area (Å²) in [5.41, 5.74) is 14.6. The van der Waals surface area contributed by atoms with Crippen LogP contribution in [-0.2, 0) is 16.2 Å². The van der Waals surface area contributed by atoms with Crippen molar-refractivity contribution in [3.05, 3.63) is 204 Å². The van der Waals surface area contributed by atoms with Gasteiger partial charge in [-0.15, -0.1) is 0 Å². The number of nitriles is 2. The second kappa shape index (κ2) is 16.4. The summed E-state index contributed by atoms with van der Waals surface area (Å²) in [6, 6.07) is 67.8. The van der Waals surface area contributed by atoms with Gasteiger partial charge in [-0.05, 0) is 111 Å². The van der Waals surface area contributed by atoms with E-state index < -0.39 is 0 Å². The first-order valence-electron chi connectivity index (χ1n) is 25.3. The van der Waals surface area contributed by atoms with Crippen LogP contribution >= 0.6 is 0 Å². The molecule has 0 radical (unpaired) electrons. The highest BCUT2D eigenvalue weighted by atomic mass is 15.2. The highest BCUT2D eigenvalue weighted by Crippen LogP contribution is 2.50. The molecule has 0 aliphatic heterocycles. The lowest BCUT2D eigenvalue weighted by molar-refractivity contribution is 0.591. The molecular weight excluding hydrogens is 889 g/mol. The molecule has 0 bridgehead atoms. The van der Waals surface area contributed by atoms with Gasteiger partial charge >= 0.3 is 0 Å². The third-order valence-corrected chi connectivity index (χ3v) is 15.0. The van der Waals surface area contributed by atoms with Crippen LogP contribution in [0.4, 0.5) is 0 Å². The maximum absolute atomic E-state index is 10.9. The van der Waals surface area contributed by atoms with Crippen LogP contribution in [0.2, 0.25) is 0 Å². The van der Waals surface area contributed by atoms with Crippen molar-refractivity contribution in [2.75, 3.05) is 0 Å². The van der Waals surface area contributed by atoms with Crippen molar-refractivity contribution in [3.63, 3.8) is 0 Å². The summed E-state index contributed by atoms with van der Waals surface area (Å²) in [6.45, 7) is 20.4. The normalized spacial score (nSPS) is 12.4. The van der Waals surface area contributed by atoms with Crippen molar-refractivity contribution >= 4 is 65.4 Å². The van der Waals surface area contributed by atoms with E-state index in [1.165, 1.54) is 16.7 Å². The molecular formula is C67H56N6. The Morgan fingerprint density at radius 3 is 1.19 bits per heavy atom. The van der Waals surface area contributed by atoms with E-state index in [9.17, 15) is 10.5 Å². The molecule has 0 amide bonds. The van der Waals surface area contributed by atoms with Gasteiger partial charge in [-0.25, -0.2) is 4.98 Å². The molecule has 73 heavy (non-hydrogen) atoms. The van der Waals surface area contributed by atoms with Crippen molar-refractivity contribution in [2.45, 2.75) is 78.6 Å². The second-order valence-electron chi connectivity index (χ2n) is 22.7. The average Bonchev–Trinajstić information content (AvgIpc) is 4.02. The van der Waals surface area contributed by atoms with Gasteiger partial charge in [0.15, 0.2) is 5.82 Å². The van der Waals surface area contributed by atoms with Crippen LogP contribution < -0.4 is 0 Å². The van der Waals surface area contributed by atoms with Gasteiger partial charge in [0.1, 0.15) is 18.0 Å². The Labute approximate surface area is 426 Å². The van der Waals surface area contributed by atoms with E-state index in [2.05, 4.69) is 246 Å². The second-order valence-corrected chi connectivity index (χ2v) is 22.7. The molecule has 8 aromatic carbocycles. The minimum Gasteiger partial charge on any atom is -0.305 e. The SMILES string of the molecule is CC(C)(C)c1ccc2c(c1)c1ccccc1n2-c1nc(-n2c3ccccc3c3cc(C(C)(C)C)ccc32)c(-n2c3ccccc3c3cc(C(C)(C)C)ccc32)c(-c2ccc(C#N)c(C#N)c2)c1-c1ccccc1. The van der Waals surface area contributed by atoms with Gasteiger partial charge in [0.05, 0.1) is 49.9 Å². The molecule has 4 aromatic heterocycles. The van der Waals surface area contributed by atoms with Gasteiger partial charge < -0.3 is 4.57 Å². The lowest BCUT2D eigenvalue weighted by Gasteiger charge is -2.26. The number of fused-ring (bicyclic) bond motifs is 9.